The number of ketones is 2. The van der Waals surface area contributed by atoms with E-state index in [-0.39, 0.29) is 39.5 Å². The molecule has 1 saturated heterocycles. The van der Waals surface area contributed by atoms with Crippen molar-refractivity contribution in [3.8, 4) is 0 Å². The van der Waals surface area contributed by atoms with E-state index in [1.54, 1.807) is 12.1 Å². The Morgan fingerprint density at radius 2 is 1.89 bits per heavy atom. The van der Waals surface area contributed by atoms with Crippen molar-refractivity contribution in [2.45, 2.75) is 25.8 Å². The molecule has 1 aromatic carbocycles. The number of rotatable bonds is 4. The number of hydrogen-bond acceptors (Lipinski definition) is 5. The van der Waals surface area contributed by atoms with Crippen LogP contribution in [0.1, 0.15) is 35.2 Å². The molecule has 2 fully saturated rings. The number of carbonyl (C=O) groups is 2. The van der Waals surface area contributed by atoms with E-state index >= 15 is 0 Å². The Balaban J connectivity index is 1.67. The van der Waals surface area contributed by atoms with Gasteiger partial charge in [0.05, 0.1) is 5.02 Å². The molecular weight excluding hydrogens is 405 g/mol. The van der Waals surface area contributed by atoms with Crippen LogP contribution in [0.3, 0.4) is 0 Å². The van der Waals surface area contributed by atoms with Crippen molar-refractivity contribution in [1.82, 2.24) is 4.90 Å². The largest absolute Gasteiger partial charge is 0.511 e. The predicted molar refractivity (Wildman–Crippen MR) is 109 cm³/mol. The Labute approximate surface area is 172 Å². The van der Waals surface area contributed by atoms with Gasteiger partial charge in [-0.2, -0.15) is 11.8 Å². The molecule has 1 heterocycles. The Morgan fingerprint density at radius 1 is 1.19 bits per heavy atom. The molecule has 0 radical (unpaired) electrons. The number of benzene rings is 1. The lowest BCUT2D eigenvalue weighted by molar-refractivity contribution is -0.119. The lowest BCUT2D eigenvalue weighted by Crippen LogP contribution is -2.32. The minimum atomic E-state index is -0.480. The van der Waals surface area contributed by atoms with Gasteiger partial charge in [0, 0.05) is 59.1 Å². The van der Waals surface area contributed by atoms with Gasteiger partial charge in [0.25, 0.3) is 0 Å². The van der Waals surface area contributed by atoms with E-state index in [0.29, 0.717) is 23.6 Å². The highest BCUT2D eigenvalue weighted by Crippen LogP contribution is 2.43. The zero-order valence-electron chi connectivity index (χ0n) is 14.8. The van der Waals surface area contributed by atoms with Gasteiger partial charge in [0.15, 0.2) is 5.78 Å². The summed E-state index contributed by atoms with van der Waals surface area (Å²) in [7, 11) is 0. The van der Waals surface area contributed by atoms with E-state index in [1.165, 1.54) is 0 Å². The van der Waals surface area contributed by atoms with Crippen LogP contribution in [0.2, 0.25) is 10.0 Å². The van der Waals surface area contributed by atoms with Crippen molar-refractivity contribution in [2.75, 3.05) is 24.6 Å². The number of thioether (sulfide) groups is 1. The van der Waals surface area contributed by atoms with Crippen LogP contribution in [0.15, 0.2) is 23.5 Å². The average Bonchev–Trinajstić information content (AvgIpc) is 3.12. The number of fused-ring (bicyclic) bond motifs is 2. The molecular formula is C20H21Cl2NO3S. The quantitative estimate of drug-likeness (QED) is 0.566. The topological polar surface area (TPSA) is 57.6 Å². The van der Waals surface area contributed by atoms with Crippen LogP contribution in [0.25, 0.3) is 0 Å². The van der Waals surface area contributed by atoms with E-state index in [0.717, 1.165) is 37.4 Å². The maximum atomic E-state index is 13.1. The molecule has 0 spiro atoms. The molecule has 144 valence electrons. The van der Waals surface area contributed by atoms with Gasteiger partial charge in [0.2, 0.25) is 5.78 Å². The fourth-order valence-electron chi connectivity index (χ4n) is 4.27. The van der Waals surface area contributed by atoms with Gasteiger partial charge < -0.3 is 5.11 Å². The van der Waals surface area contributed by atoms with Gasteiger partial charge in [-0.1, -0.05) is 23.2 Å². The normalized spacial score (nSPS) is 25.9. The van der Waals surface area contributed by atoms with E-state index in [1.807, 2.05) is 11.8 Å². The second-order valence-electron chi connectivity index (χ2n) is 7.44. The summed E-state index contributed by atoms with van der Waals surface area (Å²) in [4.78, 5) is 28.1. The average molecular weight is 426 g/mol. The zero-order chi connectivity index (χ0) is 19.1. The predicted octanol–water partition coefficient (Wildman–Crippen LogP) is 4.54. The third-order valence-corrected chi connectivity index (χ3v) is 7.56. The van der Waals surface area contributed by atoms with Gasteiger partial charge >= 0.3 is 0 Å². The highest BCUT2D eigenvalue weighted by atomic mass is 35.5. The molecule has 1 aromatic rings. The van der Waals surface area contributed by atoms with E-state index in [2.05, 4.69) is 4.90 Å². The summed E-state index contributed by atoms with van der Waals surface area (Å²) in [5.74, 6) is 1.11. The first-order valence-corrected chi connectivity index (χ1v) is 11.2. The Morgan fingerprint density at radius 3 is 2.63 bits per heavy atom. The lowest BCUT2D eigenvalue weighted by atomic mass is 9.83. The molecule has 2 bridgehead atoms. The van der Waals surface area contributed by atoms with Gasteiger partial charge in [-0.05, 0) is 31.4 Å². The number of carbonyl (C=O) groups excluding carboxylic acids is 2. The van der Waals surface area contributed by atoms with Crippen molar-refractivity contribution in [2.24, 2.45) is 11.8 Å². The molecule has 7 heteroatoms. The molecule has 4 rings (SSSR count). The SMILES string of the molecule is O=C(C1=C(O)C2CCC(C2)C1=O)c1ccc(Cl)c(CN2CCSCC2)c1Cl. The molecule has 3 aliphatic rings. The zero-order valence-corrected chi connectivity index (χ0v) is 17.2. The van der Waals surface area contributed by atoms with Gasteiger partial charge in [-0.3, -0.25) is 14.5 Å². The molecule has 1 N–H and O–H groups in total. The minimum absolute atomic E-state index is 0.0561. The van der Waals surface area contributed by atoms with Crippen LogP contribution in [0.4, 0.5) is 0 Å². The van der Waals surface area contributed by atoms with Crippen LogP contribution in [0.5, 0.6) is 0 Å². The fraction of sp³-hybridized carbons (Fsp3) is 0.500. The van der Waals surface area contributed by atoms with Crippen molar-refractivity contribution >= 4 is 46.5 Å². The molecule has 0 amide bonds. The maximum Gasteiger partial charge on any atom is 0.201 e. The van der Waals surface area contributed by atoms with Crippen molar-refractivity contribution in [3.05, 3.63) is 44.6 Å². The Kier molecular flexibility index (Phi) is 5.57. The van der Waals surface area contributed by atoms with Crippen molar-refractivity contribution < 1.29 is 14.7 Å². The minimum Gasteiger partial charge on any atom is -0.511 e. The Bertz CT molecular complexity index is 833. The first kappa shape index (κ1) is 19.3. The molecule has 2 aliphatic carbocycles. The Hall–Kier alpha value is -1.01. The second-order valence-corrected chi connectivity index (χ2v) is 9.45. The lowest BCUT2D eigenvalue weighted by Gasteiger charge is -2.27. The summed E-state index contributed by atoms with van der Waals surface area (Å²) >= 11 is 14.9. The summed E-state index contributed by atoms with van der Waals surface area (Å²) in [6.07, 6.45) is 2.14. The molecule has 0 aromatic heterocycles. The number of Topliss-reactive ketones (excluding diaryl/α,β-unsaturated/α-hetero) is 2. The standard InChI is InChI=1S/C20H21Cl2NO3S/c21-15-4-3-13(17(22)14(15)10-23-5-7-27-8-6-23)20(26)16-18(24)11-1-2-12(9-11)19(16)25/h3-4,11-12,24H,1-2,5-10H2. The first-order valence-electron chi connectivity index (χ1n) is 9.26. The monoisotopic (exact) mass is 425 g/mol. The second kappa shape index (κ2) is 7.78. The van der Waals surface area contributed by atoms with Gasteiger partial charge in [-0.15, -0.1) is 0 Å². The highest BCUT2D eigenvalue weighted by molar-refractivity contribution is 7.99. The van der Waals surface area contributed by atoms with Crippen molar-refractivity contribution in [1.29, 1.82) is 0 Å². The van der Waals surface area contributed by atoms with Gasteiger partial charge in [-0.25, -0.2) is 0 Å². The number of hydrogen-bond donors (Lipinski definition) is 1. The summed E-state index contributed by atoms with van der Waals surface area (Å²) in [6, 6.07) is 3.22. The number of allylic oxidation sites excluding steroid dienone is 2. The fourth-order valence-corrected chi connectivity index (χ4v) is 5.82. The van der Waals surface area contributed by atoms with Crippen molar-refractivity contribution in [3.63, 3.8) is 0 Å². The number of aliphatic hydroxyl groups excluding tert-OH is 1. The van der Waals surface area contributed by atoms with Crippen LogP contribution in [-0.2, 0) is 11.3 Å². The molecule has 27 heavy (non-hydrogen) atoms. The smallest absolute Gasteiger partial charge is 0.201 e. The van der Waals surface area contributed by atoms with Crippen LogP contribution >= 0.6 is 35.0 Å². The van der Waals surface area contributed by atoms with Crippen LogP contribution < -0.4 is 0 Å². The maximum absolute atomic E-state index is 13.1. The third-order valence-electron chi connectivity index (χ3n) is 5.84. The summed E-state index contributed by atoms with van der Waals surface area (Å²) in [6.45, 7) is 2.47. The number of halogens is 2. The van der Waals surface area contributed by atoms with Crippen LogP contribution in [0, 0.1) is 11.8 Å². The summed E-state index contributed by atoms with van der Waals surface area (Å²) in [5, 5.41) is 11.3. The number of aliphatic hydroxyl groups is 1. The van der Waals surface area contributed by atoms with E-state index < -0.39 is 5.78 Å². The molecule has 2 atom stereocenters. The molecule has 2 unspecified atom stereocenters. The highest BCUT2D eigenvalue weighted by Gasteiger charge is 2.43. The summed E-state index contributed by atoms with van der Waals surface area (Å²) < 4.78 is 0. The van der Waals surface area contributed by atoms with E-state index in [4.69, 9.17) is 23.2 Å². The number of nitrogens with zero attached hydrogens (tertiary/aromatic N) is 1. The van der Waals surface area contributed by atoms with Gasteiger partial charge in [0.1, 0.15) is 11.3 Å². The summed E-state index contributed by atoms with van der Waals surface area (Å²) in [5.41, 5.74) is 0.888. The van der Waals surface area contributed by atoms with E-state index in [9.17, 15) is 14.7 Å². The molecule has 1 aliphatic heterocycles. The first-order chi connectivity index (χ1) is 13.0. The molecule has 1 saturated carbocycles. The third kappa shape index (κ3) is 3.55. The van der Waals surface area contributed by atoms with Crippen LogP contribution in [-0.4, -0.2) is 46.2 Å². The molecule has 4 nitrogen and oxygen atoms in total.